The van der Waals surface area contributed by atoms with Crippen LogP contribution in [0.25, 0.3) is 0 Å². The minimum absolute atomic E-state index is 0.0937. The molecule has 0 radical (unpaired) electrons. The third-order valence-electron chi connectivity index (χ3n) is 6.35. The number of benzene rings is 2. The summed E-state index contributed by atoms with van der Waals surface area (Å²) in [5.41, 5.74) is 13.0. The zero-order chi connectivity index (χ0) is 30.5. The van der Waals surface area contributed by atoms with Crippen LogP contribution in [0.1, 0.15) is 31.4 Å². The van der Waals surface area contributed by atoms with Gasteiger partial charge in [0.2, 0.25) is 29.5 Å². The molecule has 5 amide bonds. The van der Waals surface area contributed by atoms with Crippen LogP contribution in [0.15, 0.2) is 54.6 Å². The fraction of sp³-hybridized carbons (Fsp3) is 0.414. The quantitative estimate of drug-likeness (QED) is 0.168. The highest BCUT2D eigenvalue weighted by atomic mass is 16.3. The van der Waals surface area contributed by atoms with Gasteiger partial charge in [0.25, 0.3) is 0 Å². The smallest absolute Gasteiger partial charge is 0.245 e. The Morgan fingerprint density at radius 2 is 1.44 bits per heavy atom. The second-order valence-corrected chi connectivity index (χ2v) is 10.3. The predicted molar refractivity (Wildman–Crippen MR) is 153 cm³/mol. The monoisotopic (exact) mass is 568 g/mol. The number of phenolic OH excluding ortho intramolecular Hbond substituents is 1. The maximum atomic E-state index is 13.4. The Morgan fingerprint density at radius 3 is 2.02 bits per heavy atom. The number of hydrogen-bond acceptors (Lipinski definition) is 7. The van der Waals surface area contributed by atoms with Gasteiger partial charge in [0.05, 0.1) is 19.1 Å². The Balaban J connectivity index is 1.94. The van der Waals surface area contributed by atoms with Gasteiger partial charge in [-0.2, -0.15) is 0 Å². The number of primary amides is 1. The highest BCUT2D eigenvalue weighted by Gasteiger charge is 2.31. The minimum Gasteiger partial charge on any atom is -0.508 e. The van der Waals surface area contributed by atoms with Crippen molar-refractivity contribution in [2.24, 2.45) is 17.4 Å². The molecule has 2 aromatic carbocycles. The Kier molecular flexibility index (Phi) is 12.8. The van der Waals surface area contributed by atoms with Crippen molar-refractivity contribution in [3.63, 3.8) is 0 Å². The van der Waals surface area contributed by atoms with Gasteiger partial charge in [-0.1, -0.05) is 56.3 Å². The second-order valence-electron chi connectivity index (χ2n) is 10.3. The number of nitrogens with two attached hydrogens (primary N) is 2. The molecule has 0 aliphatic heterocycles. The SMILES string of the molecule is CC(C)C[C@@H](C(N)=O)N(C)C(=O)[C@H](Cc1ccccc1)NC(=O)CNC(=O)CNC(=O)[C@@H](N)Cc1ccc(O)cc1. The van der Waals surface area contributed by atoms with Gasteiger partial charge in [-0.3, -0.25) is 24.0 Å². The van der Waals surface area contributed by atoms with Gasteiger partial charge in [-0.15, -0.1) is 0 Å². The van der Waals surface area contributed by atoms with Gasteiger partial charge in [0.15, 0.2) is 0 Å². The third-order valence-corrected chi connectivity index (χ3v) is 6.35. The molecule has 222 valence electrons. The Hall–Kier alpha value is -4.45. The van der Waals surface area contributed by atoms with Crippen LogP contribution in [0.3, 0.4) is 0 Å². The van der Waals surface area contributed by atoms with Crippen LogP contribution in [0.2, 0.25) is 0 Å². The fourth-order valence-corrected chi connectivity index (χ4v) is 4.12. The molecule has 0 spiro atoms. The number of nitrogens with one attached hydrogen (secondary N) is 3. The number of carbonyl (C=O) groups is 5. The minimum atomic E-state index is -1.02. The number of aromatic hydroxyl groups is 1. The van der Waals surface area contributed by atoms with Crippen LogP contribution >= 0.6 is 0 Å². The zero-order valence-electron chi connectivity index (χ0n) is 23.6. The lowest BCUT2D eigenvalue weighted by atomic mass is 10.00. The predicted octanol–water partition coefficient (Wildman–Crippen LogP) is -0.420. The van der Waals surface area contributed by atoms with Gasteiger partial charge < -0.3 is 37.4 Å². The van der Waals surface area contributed by atoms with Crippen molar-refractivity contribution in [3.05, 3.63) is 65.7 Å². The van der Waals surface area contributed by atoms with Crippen molar-refractivity contribution in [1.82, 2.24) is 20.9 Å². The average Bonchev–Trinajstić information content (AvgIpc) is 2.93. The lowest BCUT2D eigenvalue weighted by Crippen LogP contribution is -2.55. The Bertz CT molecular complexity index is 1190. The largest absolute Gasteiger partial charge is 0.508 e. The van der Waals surface area contributed by atoms with Crippen molar-refractivity contribution in [1.29, 1.82) is 0 Å². The number of hydrogen-bond donors (Lipinski definition) is 6. The molecule has 0 aliphatic rings. The van der Waals surface area contributed by atoms with Crippen LogP contribution in [-0.4, -0.2) is 77.8 Å². The molecule has 0 bridgehead atoms. The number of rotatable bonds is 15. The van der Waals surface area contributed by atoms with Gasteiger partial charge in [-0.25, -0.2) is 0 Å². The van der Waals surface area contributed by atoms with E-state index in [-0.39, 0.29) is 24.5 Å². The van der Waals surface area contributed by atoms with Crippen LogP contribution in [0.4, 0.5) is 0 Å². The summed E-state index contributed by atoms with van der Waals surface area (Å²) in [5, 5.41) is 16.8. The van der Waals surface area contributed by atoms with E-state index in [9.17, 15) is 29.1 Å². The summed E-state index contributed by atoms with van der Waals surface area (Å²) in [6.45, 7) is 2.97. The number of phenols is 1. The Morgan fingerprint density at radius 1 is 0.854 bits per heavy atom. The molecule has 41 heavy (non-hydrogen) atoms. The summed E-state index contributed by atoms with van der Waals surface area (Å²) in [6, 6.07) is 12.5. The average molecular weight is 569 g/mol. The van der Waals surface area contributed by atoms with Crippen molar-refractivity contribution in [3.8, 4) is 5.75 Å². The topological polar surface area (TPSA) is 197 Å². The molecule has 0 saturated carbocycles. The summed E-state index contributed by atoms with van der Waals surface area (Å²) in [4.78, 5) is 63.9. The first-order chi connectivity index (χ1) is 19.4. The molecule has 8 N–H and O–H groups in total. The molecule has 12 heteroatoms. The normalized spacial score (nSPS) is 13.0. The molecule has 0 saturated heterocycles. The molecule has 0 aromatic heterocycles. The van der Waals surface area contributed by atoms with E-state index in [0.717, 1.165) is 11.1 Å². The maximum absolute atomic E-state index is 13.4. The molecule has 3 atom stereocenters. The molecule has 2 aromatic rings. The molecule has 0 heterocycles. The summed E-state index contributed by atoms with van der Waals surface area (Å²) in [5.74, 6) is -2.75. The molecular formula is C29H40N6O6. The van der Waals surface area contributed by atoms with Crippen LogP contribution in [0.5, 0.6) is 5.75 Å². The van der Waals surface area contributed by atoms with Crippen molar-refractivity contribution >= 4 is 29.5 Å². The number of nitrogens with zero attached hydrogens (tertiary/aromatic N) is 1. The third kappa shape index (κ3) is 11.3. The fourth-order valence-electron chi connectivity index (χ4n) is 4.12. The molecule has 0 aliphatic carbocycles. The lowest BCUT2D eigenvalue weighted by molar-refractivity contribution is -0.141. The first-order valence-corrected chi connectivity index (χ1v) is 13.3. The number of likely N-dealkylation sites (N-methyl/N-ethyl adjacent to an activating group) is 1. The van der Waals surface area contributed by atoms with E-state index in [0.29, 0.717) is 6.42 Å². The first kappa shape index (κ1) is 32.8. The molecular weight excluding hydrogens is 528 g/mol. The van der Waals surface area contributed by atoms with Crippen molar-refractivity contribution in [2.45, 2.75) is 51.2 Å². The first-order valence-electron chi connectivity index (χ1n) is 13.3. The molecule has 12 nitrogen and oxygen atoms in total. The van der Waals surface area contributed by atoms with E-state index in [1.54, 1.807) is 24.3 Å². The zero-order valence-corrected chi connectivity index (χ0v) is 23.6. The number of amides is 5. The van der Waals surface area contributed by atoms with Crippen LogP contribution < -0.4 is 27.4 Å². The van der Waals surface area contributed by atoms with E-state index in [4.69, 9.17) is 11.5 Å². The molecule has 0 unspecified atom stereocenters. The Labute approximate surface area is 239 Å². The summed E-state index contributed by atoms with van der Waals surface area (Å²) >= 11 is 0. The highest BCUT2D eigenvalue weighted by Crippen LogP contribution is 2.14. The second kappa shape index (κ2) is 16.0. The summed E-state index contributed by atoms with van der Waals surface area (Å²) in [6.07, 6.45) is 0.727. The van der Waals surface area contributed by atoms with Crippen molar-refractivity contribution < 1.29 is 29.1 Å². The van der Waals surface area contributed by atoms with Crippen LogP contribution in [-0.2, 0) is 36.8 Å². The maximum Gasteiger partial charge on any atom is 0.245 e. The van der Waals surface area contributed by atoms with E-state index >= 15 is 0 Å². The van der Waals surface area contributed by atoms with E-state index in [1.165, 1.54) is 24.1 Å². The van der Waals surface area contributed by atoms with E-state index < -0.39 is 60.8 Å². The van der Waals surface area contributed by atoms with Gasteiger partial charge in [0, 0.05) is 13.5 Å². The van der Waals surface area contributed by atoms with Gasteiger partial charge >= 0.3 is 0 Å². The summed E-state index contributed by atoms with van der Waals surface area (Å²) in [7, 11) is 1.47. The van der Waals surface area contributed by atoms with Crippen molar-refractivity contribution in [2.75, 3.05) is 20.1 Å². The lowest BCUT2D eigenvalue weighted by Gasteiger charge is -2.31. The molecule has 0 fully saturated rings. The van der Waals surface area contributed by atoms with Gasteiger partial charge in [0.1, 0.15) is 17.8 Å². The summed E-state index contributed by atoms with van der Waals surface area (Å²) < 4.78 is 0. The van der Waals surface area contributed by atoms with Gasteiger partial charge in [-0.05, 0) is 42.0 Å². The highest BCUT2D eigenvalue weighted by molar-refractivity contribution is 5.93. The molecule has 2 rings (SSSR count). The standard InChI is InChI=1S/C29H40N6O6/c1-18(2)13-24(27(31)39)35(3)29(41)23(15-19-7-5-4-6-8-19)34-26(38)17-32-25(37)16-33-28(40)22(30)14-20-9-11-21(36)12-10-20/h4-12,18,22-24,36H,13-17,30H2,1-3H3,(H2,31,39)(H,32,37)(H,33,40)(H,34,38)/t22-,23-,24-/m0/s1. The van der Waals surface area contributed by atoms with E-state index in [2.05, 4.69) is 16.0 Å². The van der Waals surface area contributed by atoms with E-state index in [1.807, 2.05) is 32.0 Å². The van der Waals surface area contributed by atoms with Crippen LogP contribution in [0, 0.1) is 5.92 Å². The number of carbonyl (C=O) groups excluding carboxylic acids is 5.